The van der Waals surface area contributed by atoms with E-state index in [0.29, 0.717) is 0 Å². The van der Waals surface area contributed by atoms with E-state index in [1.165, 1.54) is 62.1 Å². The summed E-state index contributed by atoms with van der Waals surface area (Å²) in [5.41, 5.74) is 1.40. The highest BCUT2D eigenvalue weighted by molar-refractivity contribution is 7.09. The molecule has 1 heterocycles. The van der Waals surface area contributed by atoms with Crippen LogP contribution < -0.4 is 5.32 Å². The monoisotopic (exact) mass is 264 g/mol. The molecule has 2 fully saturated rings. The topological polar surface area (TPSA) is 24.9 Å². The van der Waals surface area contributed by atoms with Crippen LogP contribution in [0.4, 0.5) is 0 Å². The van der Waals surface area contributed by atoms with Crippen molar-refractivity contribution in [2.45, 2.75) is 69.2 Å². The molecule has 18 heavy (non-hydrogen) atoms. The van der Waals surface area contributed by atoms with Crippen molar-refractivity contribution in [2.24, 2.45) is 0 Å². The van der Waals surface area contributed by atoms with Gasteiger partial charge >= 0.3 is 0 Å². The van der Waals surface area contributed by atoms with Gasteiger partial charge in [-0.05, 0) is 45.6 Å². The lowest BCUT2D eigenvalue weighted by Crippen LogP contribution is -2.29. The van der Waals surface area contributed by atoms with Crippen molar-refractivity contribution in [1.82, 2.24) is 10.3 Å². The van der Waals surface area contributed by atoms with Crippen molar-refractivity contribution in [3.63, 3.8) is 0 Å². The van der Waals surface area contributed by atoms with Gasteiger partial charge in [-0.25, -0.2) is 4.98 Å². The molecule has 0 radical (unpaired) electrons. The van der Waals surface area contributed by atoms with Gasteiger partial charge in [-0.2, -0.15) is 0 Å². The van der Waals surface area contributed by atoms with Gasteiger partial charge < -0.3 is 5.32 Å². The smallest absolute Gasteiger partial charge is 0.0959 e. The summed E-state index contributed by atoms with van der Waals surface area (Å²) in [6.45, 7) is 0. The molecular weight excluding hydrogens is 240 g/mol. The van der Waals surface area contributed by atoms with Crippen molar-refractivity contribution >= 4 is 11.3 Å². The van der Waals surface area contributed by atoms with E-state index < -0.39 is 0 Å². The SMILES string of the molecule is CNC1CCC(c2csc(C3CCCC3)n2)CC1. The van der Waals surface area contributed by atoms with Crippen LogP contribution in [0.25, 0.3) is 0 Å². The molecule has 0 bridgehead atoms. The van der Waals surface area contributed by atoms with Crippen molar-refractivity contribution in [1.29, 1.82) is 0 Å². The van der Waals surface area contributed by atoms with E-state index in [9.17, 15) is 0 Å². The highest BCUT2D eigenvalue weighted by atomic mass is 32.1. The van der Waals surface area contributed by atoms with Crippen LogP contribution in [-0.2, 0) is 0 Å². The van der Waals surface area contributed by atoms with Crippen molar-refractivity contribution in [2.75, 3.05) is 7.05 Å². The molecule has 0 unspecified atom stereocenters. The van der Waals surface area contributed by atoms with Crippen LogP contribution in [0.2, 0.25) is 0 Å². The first-order chi connectivity index (χ1) is 8.86. The highest BCUT2D eigenvalue weighted by Gasteiger charge is 2.25. The number of hydrogen-bond donors (Lipinski definition) is 1. The summed E-state index contributed by atoms with van der Waals surface area (Å²) in [4.78, 5) is 4.96. The molecule has 0 saturated heterocycles. The zero-order chi connectivity index (χ0) is 12.4. The Bertz CT molecular complexity index is 374. The molecule has 0 spiro atoms. The molecule has 0 aromatic carbocycles. The van der Waals surface area contributed by atoms with Crippen LogP contribution in [0, 0.1) is 0 Å². The fourth-order valence-corrected chi connectivity index (χ4v) is 4.60. The molecule has 100 valence electrons. The van der Waals surface area contributed by atoms with Gasteiger partial charge in [0.25, 0.3) is 0 Å². The summed E-state index contributed by atoms with van der Waals surface area (Å²) in [5.74, 6) is 1.53. The molecule has 3 heteroatoms. The van der Waals surface area contributed by atoms with Crippen LogP contribution in [0.15, 0.2) is 5.38 Å². The third-order valence-corrected chi connectivity index (χ3v) is 5.82. The van der Waals surface area contributed by atoms with Crippen LogP contribution >= 0.6 is 11.3 Å². The summed E-state index contributed by atoms with van der Waals surface area (Å²) in [7, 11) is 2.09. The quantitative estimate of drug-likeness (QED) is 0.891. The largest absolute Gasteiger partial charge is 0.317 e. The Morgan fingerprint density at radius 2 is 1.78 bits per heavy atom. The van der Waals surface area contributed by atoms with Crippen molar-refractivity contribution in [3.05, 3.63) is 16.1 Å². The minimum Gasteiger partial charge on any atom is -0.317 e. The highest BCUT2D eigenvalue weighted by Crippen LogP contribution is 2.39. The molecule has 2 nitrogen and oxygen atoms in total. The number of nitrogens with one attached hydrogen (secondary N) is 1. The Labute approximate surface area is 114 Å². The predicted octanol–water partition coefficient (Wildman–Crippen LogP) is 4.05. The van der Waals surface area contributed by atoms with E-state index >= 15 is 0 Å². The van der Waals surface area contributed by atoms with Crippen molar-refractivity contribution < 1.29 is 0 Å². The van der Waals surface area contributed by atoms with Crippen LogP contribution in [0.5, 0.6) is 0 Å². The Kier molecular flexibility index (Phi) is 4.00. The molecule has 2 aliphatic carbocycles. The molecule has 1 aromatic heterocycles. The standard InChI is InChI=1S/C15H24N2S/c1-16-13-8-6-11(7-9-13)14-10-18-15(17-14)12-4-2-3-5-12/h10-13,16H,2-9H2,1H3. The maximum absolute atomic E-state index is 4.96. The molecule has 0 atom stereocenters. The van der Waals surface area contributed by atoms with Gasteiger partial charge in [0.2, 0.25) is 0 Å². The van der Waals surface area contributed by atoms with Gasteiger partial charge in [0.05, 0.1) is 10.7 Å². The summed E-state index contributed by atoms with van der Waals surface area (Å²) < 4.78 is 0. The Morgan fingerprint density at radius 1 is 1.06 bits per heavy atom. The fourth-order valence-electron chi connectivity index (χ4n) is 3.53. The summed E-state index contributed by atoms with van der Waals surface area (Å²) in [5, 5.41) is 7.18. The number of nitrogens with zero attached hydrogens (tertiary/aromatic N) is 1. The van der Waals surface area contributed by atoms with Gasteiger partial charge in [0, 0.05) is 23.3 Å². The lowest BCUT2D eigenvalue weighted by atomic mass is 9.84. The first kappa shape index (κ1) is 12.6. The van der Waals surface area contributed by atoms with Crippen LogP contribution in [0.3, 0.4) is 0 Å². The molecule has 0 aliphatic heterocycles. The maximum Gasteiger partial charge on any atom is 0.0959 e. The first-order valence-corrected chi connectivity index (χ1v) is 8.37. The minimum absolute atomic E-state index is 0.737. The Hall–Kier alpha value is -0.410. The number of aromatic nitrogens is 1. The molecule has 0 amide bonds. The third-order valence-electron chi connectivity index (χ3n) is 4.80. The number of thiazole rings is 1. The molecule has 1 aromatic rings. The number of rotatable bonds is 3. The van der Waals surface area contributed by atoms with E-state index in [1.54, 1.807) is 0 Å². The second kappa shape index (κ2) is 5.70. The Morgan fingerprint density at radius 3 is 2.44 bits per heavy atom. The van der Waals surface area contributed by atoms with Crippen molar-refractivity contribution in [3.8, 4) is 0 Å². The molecule has 1 N–H and O–H groups in total. The van der Waals surface area contributed by atoms with Gasteiger partial charge in [-0.15, -0.1) is 11.3 Å². The van der Waals surface area contributed by atoms with E-state index in [-0.39, 0.29) is 0 Å². The van der Waals surface area contributed by atoms with E-state index in [1.807, 2.05) is 11.3 Å². The zero-order valence-electron chi connectivity index (χ0n) is 11.3. The average Bonchev–Trinajstić information content (AvgIpc) is 3.09. The number of hydrogen-bond acceptors (Lipinski definition) is 3. The third kappa shape index (κ3) is 2.62. The van der Waals surface area contributed by atoms with Gasteiger partial charge in [0.15, 0.2) is 0 Å². The average molecular weight is 264 g/mol. The maximum atomic E-state index is 4.96. The lowest BCUT2D eigenvalue weighted by molar-refractivity contribution is 0.355. The minimum atomic E-state index is 0.737. The van der Waals surface area contributed by atoms with Gasteiger partial charge in [-0.3, -0.25) is 0 Å². The first-order valence-electron chi connectivity index (χ1n) is 7.49. The second-order valence-corrected chi connectivity index (χ2v) is 6.82. The van der Waals surface area contributed by atoms with Gasteiger partial charge in [-0.1, -0.05) is 12.8 Å². The summed E-state index contributed by atoms with van der Waals surface area (Å²) in [6.07, 6.45) is 10.8. The second-order valence-electron chi connectivity index (χ2n) is 5.93. The molecule has 3 rings (SSSR count). The molecular formula is C15H24N2S. The lowest BCUT2D eigenvalue weighted by Gasteiger charge is -2.27. The molecule has 2 saturated carbocycles. The zero-order valence-corrected chi connectivity index (χ0v) is 12.1. The fraction of sp³-hybridized carbons (Fsp3) is 0.800. The summed E-state index contributed by atoms with van der Waals surface area (Å²) >= 11 is 1.92. The predicted molar refractivity (Wildman–Crippen MR) is 77.4 cm³/mol. The van der Waals surface area contributed by atoms with Crippen LogP contribution in [-0.4, -0.2) is 18.1 Å². The Balaban J connectivity index is 1.62. The van der Waals surface area contributed by atoms with E-state index in [0.717, 1.165) is 17.9 Å². The van der Waals surface area contributed by atoms with Crippen LogP contribution in [0.1, 0.15) is 73.9 Å². The van der Waals surface area contributed by atoms with E-state index in [2.05, 4.69) is 17.7 Å². The normalized spacial score (nSPS) is 29.8. The summed E-state index contributed by atoms with van der Waals surface area (Å²) in [6, 6.07) is 0.745. The van der Waals surface area contributed by atoms with E-state index in [4.69, 9.17) is 4.98 Å². The molecule has 2 aliphatic rings. The van der Waals surface area contributed by atoms with Gasteiger partial charge in [0.1, 0.15) is 0 Å².